The highest BCUT2D eigenvalue weighted by Crippen LogP contribution is 2.28. The lowest BCUT2D eigenvalue weighted by atomic mass is 10.2. The Bertz CT molecular complexity index is 396. The van der Waals surface area contributed by atoms with Gasteiger partial charge >= 0.3 is 0 Å². The standard InChI is InChI=1S/C7H5ClN2O/c8-7-6-4(9-10-7)2-1-3-5(6)11/h1-3,11H,(H,9,10). The van der Waals surface area contributed by atoms with Crippen LogP contribution in [0.15, 0.2) is 18.2 Å². The number of aromatic nitrogens is 2. The van der Waals surface area contributed by atoms with Crippen LogP contribution in [0.3, 0.4) is 0 Å². The summed E-state index contributed by atoms with van der Waals surface area (Å²) in [4.78, 5) is 0. The summed E-state index contributed by atoms with van der Waals surface area (Å²) in [5.74, 6) is 0.154. The molecule has 0 aliphatic heterocycles. The van der Waals surface area contributed by atoms with Gasteiger partial charge in [0, 0.05) is 0 Å². The molecule has 1 aromatic carbocycles. The Morgan fingerprint density at radius 1 is 1.45 bits per heavy atom. The van der Waals surface area contributed by atoms with E-state index in [-0.39, 0.29) is 5.75 Å². The number of hydrogen-bond donors (Lipinski definition) is 2. The number of nitrogens with zero attached hydrogens (tertiary/aromatic N) is 1. The minimum atomic E-state index is 0.154. The maximum Gasteiger partial charge on any atom is 0.135 e. The third-order valence-electron chi connectivity index (χ3n) is 1.51. The molecule has 4 heteroatoms. The smallest absolute Gasteiger partial charge is 0.135 e. The summed E-state index contributed by atoms with van der Waals surface area (Å²) < 4.78 is 0. The monoisotopic (exact) mass is 168 g/mol. The van der Waals surface area contributed by atoms with Gasteiger partial charge in [0.25, 0.3) is 0 Å². The molecule has 0 saturated heterocycles. The fourth-order valence-corrected chi connectivity index (χ4v) is 1.25. The second kappa shape index (κ2) is 2.13. The molecule has 0 aliphatic carbocycles. The first-order chi connectivity index (χ1) is 5.29. The lowest BCUT2D eigenvalue weighted by Gasteiger charge is -1.91. The second-order valence-electron chi connectivity index (χ2n) is 2.21. The van der Waals surface area contributed by atoms with Crippen LogP contribution in [-0.2, 0) is 0 Å². The van der Waals surface area contributed by atoms with E-state index in [2.05, 4.69) is 10.2 Å². The molecule has 3 nitrogen and oxygen atoms in total. The number of fused-ring (bicyclic) bond motifs is 1. The van der Waals surface area contributed by atoms with Gasteiger partial charge in [-0.3, -0.25) is 5.10 Å². The first kappa shape index (κ1) is 6.49. The largest absolute Gasteiger partial charge is 0.507 e. The van der Waals surface area contributed by atoms with E-state index >= 15 is 0 Å². The van der Waals surface area contributed by atoms with Crippen molar-refractivity contribution in [2.45, 2.75) is 0 Å². The molecule has 2 aromatic rings. The van der Waals surface area contributed by atoms with E-state index in [9.17, 15) is 5.11 Å². The molecular formula is C7H5ClN2O. The molecule has 0 atom stereocenters. The summed E-state index contributed by atoms with van der Waals surface area (Å²) in [6.07, 6.45) is 0. The molecule has 0 saturated carbocycles. The maximum absolute atomic E-state index is 9.30. The molecule has 11 heavy (non-hydrogen) atoms. The van der Waals surface area contributed by atoms with E-state index in [0.29, 0.717) is 16.1 Å². The van der Waals surface area contributed by atoms with Crippen LogP contribution < -0.4 is 0 Å². The van der Waals surface area contributed by atoms with E-state index in [1.807, 2.05) is 0 Å². The van der Waals surface area contributed by atoms with E-state index in [1.54, 1.807) is 18.2 Å². The summed E-state index contributed by atoms with van der Waals surface area (Å²) in [6, 6.07) is 5.07. The Balaban J connectivity index is 2.96. The summed E-state index contributed by atoms with van der Waals surface area (Å²) in [5.41, 5.74) is 0.676. The zero-order chi connectivity index (χ0) is 7.84. The maximum atomic E-state index is 9.30. The summed E-state index contributed by atoms with van der Waals surface area (Å²) in [5, 5.41) is 16.7. The topological polar surface area (TPSA) is 48.9 Å². The van der Waals surface area contributed by atoms with Crippen molar-refractivity contribution < 1.29 is 5.11 Å². The average Bonchev–Trinajstić information content (AvgIpc) is 2.34. The number of benzene rings is 1. The Morgan fingerprint density at radius 3 is 3.00 bits per heavy atom. The number of halogens is 1. The fraction of sp³-hybridized carbons (Fsp3) is 0. The highest BCUT2D eigenvalue weighted by Gasteiger charge is 2.05. The van der Waals surface area contributed by atoms with Gasteiger partial charge in [-0.05, 0) is 12.1 Å². The van der Waals surface area contributed by atoms with Gasteiger partial charge in [-0.1, -0.05) is 17.7 Å². The van der Waals surface area contributed by atoms with E-state index in [4.69, 9.17) is 11.6 Å². The third-order valence-corrected chi connectivity index (χ3v) is 1.79. The second-order valence-corrected chi connectivity index (χ2v) is 2.59. The van der Waals surface area contributed by atoms with E-state index in [0.717, 1.165) is 0 Å². The van der Waals surface area contributed by atoms with Crippen molar-refractivity contribution in [3.63, 3.8) is 0 Å². The molecule has 2 rings (SSSR count). The van der Waals surface area contributed by atoms with Gasteiger partial charge in [-0.15, -0.1) is 0 Å². The zero-order valence-electron chi connectivity index (χ0n) is 5.50. The molecular weight excluding hydrogens is 164 g/mol. The summed E-state index contributed by atoms with van der Waals surface area (Å²) in [6.45, 7) is 0. The van der Waals surface area contributed by atoms with Gasteiger partial charge in [-0.25, -0.2) is 0 Å². The zero-order valence-corrected chi connectivity index (χ0v) is 6.26. The van der Waals surface area contributed by atoms with Crippen LogP contribution in [0.1, 0.15) is 0 Å². The predicted molar refractivity (Wildman–Crippen MR) is 42.8 cm³/mol. The number of phenolic OH excluding ortho intramolecular Hbond substituents is 1. The third kappa shape index (κ3) is 0.851. The molecule has 1 aromatic heterocycles. The van der Waals surface area contributed by atoms with Crippen molar-refractivity contribution in [2.24, 2.45) is 0 Å². The predicted octanol–water partition coefficient (Wildman–Crippen LogP) is 1.92. The van der Waals surface area contributed by atoms with Gasteiger partial charge in [0.2, 0.25) is 0 Å². The molecule has 0 aliphatic rings. The fourth-order valence-electron chi connectivity index (χ4n) is 1.01. The van der Waals surface area contributed by atoms with Crippen molar-refractivity contribution in [1.29, 1.82) is 0 Å². The highest BCUT2D eigenvalue weighted by atomic mass is 35.5. The van der Waals surface area contributed by atoms with E-state index in [1.165, 1.54) is 0 Å². The van der Waals surface area contributed by atoms with Crippen LogP contribution in [0.25, 0.3) is 10.9 Å². The Kier molecular flexibility index (Phi) is 1.26. The van der Waals surface area contributed by atoms with E-state index < -0.39 is 0 Å². The Labute approximate surface area is 67.6 Å². The van der Waals surface area contributed by atoms with Crippen LogP contribution in [0.4, 0.5) is 0 Å². The van der Waals surface area contributed by atoms with Crippen molar-refractivity contribution in [3.05, 3.63) is 23.4 Å². The van der Waals surface area contributed by atoms with Crippen molar-refractivity contribution >= 4 is 22.5 Å². The Hall–Kier alpha value is -1.22. The van der Waals surface area contributed by atoms with Crippen LogP contribution >= 0.6 is 11.6 Å². The number of nitrogens with one attached hydrogen (secondary N) is 1. The Morgan fingerprint density at radius 2 is 2.27 bits per heavy atom. The molecule has 0 radical (unpaired) electrons. The van der Waals surface area contributed by atoms with Gasteiger partial charge in [0.15, 0.2) is 0 Å². The first-order valence-corrected chi connectivity index (χ1v) is 3.48. The molecule has 1 heterocycles. The van der Waals surface area contributed by atoms with Gasteiger partial charge in [0.05, 0.1) is 10.9 Å². The summed E-state index contributed by atoms with van der Waals surface area (Å²) >= 11 is 5.70. The molecule has 0 bridgehead atoms. The summed E-state index contributed by atoms with van der Waals surface area (Å²) in [7, 11) is 0. The van der Waals surface area contributed by atoms with Gasteiger partial charge in [0.1, 0.15) is 10.9 Å². The van der Waals surface area contributed by atoms with Crippen LogP contribution in [0.2, 0.25) is 5.15 Å². The van der Waals surface area contributed by atoms with Crippen molar-refractivity contribution in [1.82, 2.24) is 10.2 Å². The number of rotatable bonds is 0. The first-order valence-electron chi connectivity index (χ1n) is 3.10. The van der Waals surface area contributed by atoms with Crippen molar-refractivity contribution in [2.75, 3.05) is 0 Å². The lowest BCUT2D eigenvalue weighted by molar-refractivity contribution is 0.481. The number of phenols is 1. The molecule has 56 valence electrons. The minimum Gasteiger partial charge on any atom is -0.507 e. The minimum absolute atomic E-state index is 0.154. The highest BCUT2D eigenvalue weighted by molar-refractivity contribution is 6.34. The molecule has 0 amide bonds. The quantitative estimate of drug-likeness (QED) is 0.632. The molecule has 0 fully saturated rings. The molecule has 0 unspecified atom stereocenters. The number of hydrogen-bond acceptors (Lipinski definition) is 2. The van der Waals surface area contributed by atoms with Crippen LogP contribution in [0, 0.1) is 0 Å². The SMILES string of the molecule is Oc1cccc2n[nH]c(Cl)c12. The molecule has 2 N–H and O–H groups in total. The van der Waals surface area contributed by atoms with Gasteiger partial charge in [-0.2, -0.15) is 5.10 Å². The number of H-pyrrole nitrogens is 1. The number of aromatic amines is 1. The lowest BCUT2D eigenvalue weighted by Crippen LogP contribution is -1.67. The van der Waals surface area contributed by atoms with Crippen LogP contribution in [0.5, 0.6) is 5.75 Å². The normalized spacial score (nSPS) is 10.6. The molecule has 0 spiro atoms. The van der Waals surface area contributed by atoms with Crippen LogP contribution in [-0.4, -0.2) is 15.3 Å². The van der Waals surface area contributed by atoms with Crippen molar-refractivity contribution in [3.8, 4) is 5.75 Å². The number of aromatic hydroxyl groups is 1. The van der Waals surface area contributed by atoms with Gasteiger partial charge < -0.3 is 5.11 Å². The average molecular weight is 169 g/mol.